The van der Waals surface area contributed by atoms with Crippen molar-refractivity contribution in [2.45, 2.75) is 25.3 Å². The second-order valence-electron chi connectivity index (χ2n) is 3.98. The fourth-order valence-electron chi connectivity index (χ4n) is 2.19. The van der Waals surface area contributed by atoms with E-state index in [1.165, 1.54) is 6.42 Å². The van der Waals surface area contributed by atoms with Gasteiger partial charge in [0.1, 0.15) is 6.04 Å². The molecule has 0 bridgehead atoms. The minimum Gasteiger partial charge on any atom is -0.480 e. The van der Waals surface area contributed by atoms with Gasteiger partial charge in [-0.15, -0.1) is 0 Å². The lowest BCUT2D eigenvalue weighted by atomic mass is 10.0. The molecule has 4 nitrogen and oxygen atoms in total. The summed E-state index contributed by atoms with van der Waals surface area (Å²) >= 11 is 0. The molecule has 1 fully saturated rings. The van der Waals surface area contributed by atoms with E-state index in [1.807, 2.05) is 6.07 Å². The lowest BCUT2D eigenvalue weighted by Crippen LogP contribution is -2.37. The van der Waals surface area contributed by atoms with Crippen LogP contribution in [-0.4, -0.2) is 34.0 Å². The molecule has 4 heteroatoms. The Balaban J connectivity index is 2.15. The number of rotatable bonds is 3. The molecule has 0 radical (unpaired) electrons. The SMILES string of the molecule is O=C(O)C(c1cc[nH]c1)N1CCCCC1. The van der Waals surface area contributed by atoms with Crippen LogP contribution in [0.2, 0.25) is 0 Å². The normalized spacial score (nSPS) is 20.0. The number of aliphatic carboxylic acids is 1. The number of carboxylic acid groups (broad SMARTS) is 1. The van der Waals surface area contributed by atoms with Crippen LogP contribution in [0.5, 0.6) is 0 Å². The summed E-state index contributed by atoms with van der Waals surface area (Å²) in [5.41, 5.74) is 0.851. The lowest BCUT2D eigenvalue weighted by Gasteiger charge is -2.31. The van der Waals surface area contributed by atoms with Crippen LogP contribution in [0.4, 0.5) is 0 Å². The zero-order valence-electron chi connectivity index (χ0n) is 8.65. The summed E-state index contributed by atoms with van der Waals surface area (Å²) in [6.07, 6.45) is 6.97. The van der Waals surface area contributed by atoms with Crippen molar-refractivity contribution in [2.24, 2.45) is 0 Å². The minimum atomic E-state index is -0.753. The van der Waals surface area contributed by atoms with E-state index >= 15 is 0 Å². The second-order valence-corrected chi connectivity index (χ2v) is 3.98. The number of likely N-dealkylation sites (tertiary alicyclic amines) is 1. The van der Waals surface area contributed by atoms with Gasteiger partial charge in [0.25, 0.3) is 0 Å². The Morgan fingerprint density at radius 1 is 1.40 bits per heavy atom. The highest BCUT2D eigenvalue weighted by Gasteiger charge is 2.28. The van der Waals surface area contributed by atoms with Crippen LogP contribution < -0.4 is 0 Å². The Bertz CT molecular complexity index is 315. The van der Waals surface area contributed by atoms with Crippen molar-refractivity contribution < 1.29 is 9.90 Å². The van der Waals surface area contributed by atoms with Crippen LogP contribution in [0.15, 0.2) is 18.5 Å². The van der Waals surface area contributed by atoms with E-state index in [4.69, 9.17) is 0 Å². The van der Waals surface area contributed by atoms with Crippen molar-refractivity contribution in [1.29, 1.82) is 0 Å². The number of carboxylic acids is 1. The van der Waals surface area contributed by atoms with Gasteiger partial charge in [0.2, 0.25) is 0 Å². The van der Waals surface area contributed by atoms with Crippen LogP contribution >= 0.6 is 0 Å². The number of carbonyl (C=O) groups is 1. The summed E-state index contributed by atoms with van der Waals surface area (Å²) in [7, 11) is 0. The van der Waals surface area contributed by atoms with Gasteiger partial charge >= 0.3 is 5.97 Å². The van der Waals surface area contributed by atoms with E-state index in [2.05, 4.69) is 9.88 Å². The van der Waals surface area contributed by atoms with Gasteiger partial charge in [-0.25, -0.2) is 0 Å². The summed E-state index contributed by atoms with van der Waals surface area (Å²) in [6, 6.07) is 1.37. The predicted molar refractivity (Wildman–Crippen MR) is 56.6 cm³/mol. The molecule has 0 saturated carbocycles. The van der Waals surface area contributed by atoms with Gasteiger partial charge < -0.3 is 10.1 Å². The van der Waals surface area contributed by atoms with E-state index in [0.29, 0.717) is 0 Å². The summed E-state index contributed by atoms with van der Waals surface area (Å²) in [4.78, 5) is 16.2. The van der Waals surface area contributed by atoms with Crippen LogP contribution in [0.3, 0.4) is 0 Å². The molecule has 15 heavy (non-hydrogen) atoms. The first kappa shape index (κ1) is 10.2. The van der Waals surface area contributed by atoms with Gasteiger partial charge in [-0.2, -0.15) is 0 Å². The fraction of sp³-hybridized carbons (Fsp3) is 0.545. The molecule has 1 saturated heterocycles. The maximum Gasteiger partial charge on any atom is 0.325 e. The third-order valence-electron chi connectivity index (χ3n) is 2.93. The smallest absolute Gasteiger partial charge is 0.325 e. The standard InChI is InChI=1S/C11H16N2O2/c14-11(15)10(9-4-5-12-8-9)13-6-2-1-3-7-13/h4-5,8,10,12H,1-3,6-7H2,(H,14,15). The monoisotopic (exact) mass is 208 g/mol. The number of hydrogen-bond acceptors (Lipinski definition) is 2. The summed E-state index contributed by atoms with van der Waals surface area (Å²) in [6.45, 7) is 1.78. The molecule has 1 aromatic rings. The van der Waals surface area contributed by atoms with Crippen molar-refractivity contribution >= 4 is 5.97 Å². The Kier molecular flexibility index (Phi) is 3.06. The average Bonchev–Trinajstić information content (AvgIpc) is 2.72. The van der Waals surface area contributed by atoms with E-state index in [-0.39, 0.29) is 0 Å². The Morgan fingerprint density at radius 2 is 2.13 bits per heavy atom. The van der Waals surface area contributed by atoms with E-state index < -0.39 is 12.0 Å². The summed E-state index contributed by atoms with van der Waals surface area (Å²) < 4.78 is 0. The first-order valence-corrected chi connectivity index (χ1v) is 5.38. The fourth-order valence-corrected chi connectivity index (χ4v) is 2.19. The zero-order valence-corrected chi connectivity index (χ0v) is 8.65. The number of hydrogen-bond donors (Lipinski definition) is 2. The predicted octanol–water partition coefficient (Wildman–Crippen LogP) is 1.63. The van der Waals surface area contributed by atoms with Gasteiger partial charge in [-0.3, -0.25) is 9.69 Å². The molecule has 1 atom stereocenters. The number of piperidine rings is 1. The highest BCUT2D eigenvalue weighted by atomic mass is 16.4. The molecule has 0 aliphatic carbocycles. The maximum atomic E-state index is 11.2. The van der Waals surface area contributed by atoms with Crippen LogP contribution in [0.25, 0.3) is 0 Å². The van der Waals surface area contributed by atoms with Gasteiger partial charge in [0.15, 0.2) is 0 Å². The van der Waals surface area contributed by atoms with E-state index in [9.17, 15) is 9.90 Å². The Morgan fingerprint density at radius 3 is 2.67 bits per heavy atom. The minimum absolute atomic E-state index is 0.475. The lowest BCUT2D eigenvalue weighted by molar-refractivity contribution is -0.144. The number of H-pyrrole nitrogens is 1. The first-order chi connectivity index (χ1) is 7.29. The molecule has 0 aromatic carbocycles. The topological polar surface area (TPSA) is 56.3 Å². The van der Waals surface area contributed by atoms with E-state index in [0.717, 1.165) is 31.5 Å². The molecule has 82 valence electrons. The summed E-state index contributed by atoms with van der Waals surface area (Å²) in [5.74, 6) is -0.753. The molecule has 2 N–H and O–H groups in total. The third kappa shape index (κ3) is 2.21. The molecule has 2 rings (SSSR count). The van der Waals surface area contributed by atoms with Crippen molar-refractivity contribution in [1.82, 2.24) is 9.88 Å². The van der Waals surface area contributed by atoms with Gasteiger partial charge in [-0.1, -0.05) is 6.42 Å². The molecule has 1 aliphatic heterocycles. The zero-order chi connectivity index (χ0) is 10.7. The molecule has 2 heterocycles. The number of aromatic nitrogens is 1. The molecule has 1 aromatic heterocycles. The number of nitrogens with one attached hydrogen (secondary N) is 1. The number of aromatic amines is 1. The van der Waals surface area contributed by atoms with Crippen LogP contribution in [-0.2, 0) is 4.79 Å². The summed E-state index contributed by atoms with van der Waals surface area (Å²) in [5, 5.41) is 9.24. The van der Waals surface area contributed by atoms with Crippen molar-refractivity contribution in [3.8, 4) is 0 Å². The molecule has 0 amide bonds. The highest BCUT2D eigenvalue weighted by Crippen LogP contribution is 2.24. The van der Waals surface area contributed by atoms with Gasteiger partial charge in [0.05, 0.1) is 0 Å². The van der Waals surface area contributed by atoms with Gasteiger partial charge in [-0.05, 0) is 37.6 Å². The highest BCUT2D eigenvalue weighted by molar-refractivity contribution is 5.75. The molecule has 0 spiro atoms. The second kappa shape index (κ2) is 4.49. The average molecular weight is 208 g/mol. The van der Waals surface area contributed by atoms with Crippen LogP contribution in [0.1, 0.15) is 30.9 Å². The number of nitrogens with zero attached hydrogens (tertiary/aromatic N) is 1. The molecule has 1 unspecified atom stereocenters. The maximum absolute atomic E-state index is 11.2. The molecular weight excluding hydrogens is 192 g/mol. The van der Waals surface area contributed by atoms with E-state index in [1.54, 1.807) is 12.4 Å². The van der Waals surface area contributed by atoms with Crippen molar-refractivity contribution in [3.05, 3.63) is 24.0 Å². The largest absolute Gasteiger partial charge is 0.480 e. The third-order valence-corrected chi connectivity index (χ3v) is 2.93. The molecular formula is C11H16N2O2. The quantitative estimate of drug-likeness (QED) is 0.793. The molecule has 1 aliphatic rings. The first-order valence-electron chi connectivity index (χ1n) is 5.38. The van der Waals surface area contributed by atoms with Crippen LogP contribution in [0, 0.1) is 0 Å². The van der Waals surface area contributed by atoms with Gasteiger partial charge in [0, 0.05) is 12.4 Å². The Labute approximate surface area is 88.9 Å². The Hall–Kier alpha value is -1.29. The van der Waals surface area contributed by atoms with Crippen molar-refractivity contribution in [3.63, 3.8) is 0 Å². The van der Waals surface area contributed by atoms with Crippen molar-refractivity contribution in [2.75, 3.05) is 13.1 Å².